The molecular weight excluding hydrogens is 372 g/mol. The van der Waals surface area contributed by atoms with Crippen LogP contribution in [0.3, 0.4) is 0 Å². The SMILES string of the molecule is ClC(Cl)CCCCCC(CCCCCC(Cl)Cl)c1ccncc1. The van der Waals surface area contributed by atoms with Crippen molar-refractivity contribution in [1.82, 2.24) is 4.98 Å². The second-order valence-corrected chi connectivity index (χ2v) is 8.59. The van der Waals surface area contributed by atoms with Gasteiger partial charge in [-0.2, -0.15) is 0 Å². The summed E-state index contributed by atoms with van der Waals surface area (Å²) in [6, 6.07) is 4.29. The van der Waals surface area contributed by atoms with Gasteiger partial charge in [0.25, 0.3) is 0 Å². The summed E-state index contributed by atoms with van der Waals surface area (Å²) in [6.45, 7) is 0. The van der Waals surface area contributed by atoms with E-state index >= 15 is 0 Å². The van der Waals surface area contributed by atoms with Gasteiger partial charge in [0.1, 0.15) is 9.67 Å². The lowest BCUT2D eigenvalue weighted by Crippen LogP contribution is -2.00. The van der Waals surface area contributed by atoms with E-state index in [0.717, 1.165) is 25.7 Å². The van der Waals surface area contributed by atoms with Crippen LogP contribution in [-0.2, 0) is 0 Å². The van der Waals surface area contributed by atoms with Crippen LogP contribution in [0.1, 0.15) is 75.7 Å². The zero-order valence-electron chi connectivity index (χ0n) is 13.6. The van der Waals surface area contributed by atoms with Crippen LogP contribution >= 0.6 is 46.4 Å². The van der Waals surface area contributed by atoms with Crippen molar-refractivity contribution in [2.75, 3.05) is 0 Å². The number of aromatic nitrogens is 1. The molecule has 0 radical (unpaired) electrons. The molecule has 132 valence electrons. The topological polar surface area (TPSA) is 12.9 Å². The van der Waals surface area contributed by atoms with Crippen molar-refractivity contribution in [3.8, 4) is 0 Å². The molecular formula is C18H27Cl4N. The smallest absolute Gasteiger partial charge is 0.107 e. The summed E-state index contributed by atoms with van der Waals surface area (Å²) in [5, 5.41) is 0. The normalized spacial score (nSPS) is 11.8. The molecule has 1 nitrogen and oxygen atoms in total. The predicted octanol–water partition coefficient (Wildman–Crippen LogP) is 7.67. The molecule has 0 unspecified atom stereocenters. The highest BCUT2D eigenvalue weighted by Gasteiger charge is 2.11. The largest absolute Gasteiger partial charge is 0.265 e. The summed E-state index contributed by atoms with van der Waals surface area (Å²) in [6.07, 6.45) is 15.0. The zero-order chi connectivity index (χ0) is 16.9. The maximum atomic E-state index is 5.78. The molecule has 1 aromatic rings. The fourth-order valence-corrected chi connectivity index (χ4v) is 3.46. The van der Waals surface area contributed by atoms with Crippen molar-refractivity contribution < 1.29 is 0 Å². The molecule has 0 N–H and O–H groups in total. The Morgan fingerprint density at radius 2 is 1.09 bits per heavy atom. The number of hydrogen-bond acceptors (Lipinski definition) is 1. The van der Waals surface area contributed by atoms with Crippen LogP contribution in [0.5, 0.6) is 0 Å². The predicted molar refractivity (Wildman–Crippen MR) is 104 cm³/mol. The summed E-state index contributed by atoms with van der Waals surface area (Å²) < 4.78 is 0. The average molecular weight is 399 g/mol. The molecule has 0 saturated heterocycles. The Balaban J connectivity index is 2.32. The third-order valence-corrected chi connectivity index (χ3v) is 5.00. The maximum Gasteiger partial charge on any atom is 0.107 e. The Morgan fingerprint density at radius 3 is 1.52 bits per heavy atom. The lowest BCUT2D eigenvalue weighted by molar-refractivity contribution is 0.495. The first-order valence-electron chi connectivity index (χ1n) is 8.55. The number of hydrogen-bond donors (Lipinski definition) is 0. The van der Waals surface area contributed by atoms with Crippen LogP contribution in [0.2, 0.25) is 0 Å². The van der Waals surface area contributed by atoms with Crippen molar-refractivity contribution in [1.29, 1.82) is 0 Å². The van der Waals surface area contributed by atoms with Gasteiger partial charge in [0.15, 0.2) is 0 Å². The highest BCUT2D eigenvalue weighted by Crippen LogP contribution is 2.28. The summed E-state index contributed by atoms with van der Waals surface area (Å²) in [5.41, 5.74) is 1.40. The van der Waals surface area contributed by atoms with Gasteiger partial charge >= 0.3 is 0 Å². The van der Waals surface area contributed by atoms with Gasteiger partial charge in [-0.05, 0) is 49.3 Å². The Morgan fingerprint density at radius 1 is 0.652 bits per heavy atom. The van der Waals surface area contributed by atoms with E-state index in [1.54, 1.807) is 0 Å². The second kappa shape index (κ2) is 13.6. The van der Waals surface area contributed by atoms with Crippen LogP contribution in [0, 0.1) is 0 Å². The molecule has 1 heterocycles. The van der Waals surface area contributed by atoms with Crippen molar-refractivity contribution >= 4 is 46.4 Å². The Hall–Kier alpha value is 0.310. The molecule has 0 saturated carbocycles. The molecule has 0 fully saturated rings. The number of pyridine rings is 1. The highest BCUT2D eigenvalue weighted by atomic mass is 35.5. The van der Waals surface area contributed by atoms with Crippen LogP contribution in [0.25, 0.3) is 0 Å². The summed E-state index contributed by atoms with van der Waals surface area (Å²) in [5.74, 6) is 0.614. The summed E-state index contributed by atoms with van der Waals surface area (Å²) >= 11 is 23.1. The van der Waals surface area contributed by atoms with Crippen molar-refractivity contribution in [3.63, 3.8) is 0 Å². The average Bonchev–Trinajstić information content (AvgIpc) is 2.52. The van der Waals surface area contributed by atoms with Crippen molar-refractivity contribution in [2.24, 2.45) is 0 Å². The van der Waals surface area contributed by atoms with E-state index in [0.29, 0.717) is 5.92 Å². The molecule has 1 rings (SSSR count). The number of unbranched alkanes of at least 4 members (excludes halogenated alkanes) is 4. The van der Waals surface area contributed by atoms with Crippen molar-refractivity contribution in [2.45, 2.75) is 79.8 Å². The van der Waals surface area contributed by atoms with Crippen LogP contribution < -0.4 is 0 Å². The second-order valence-electron chi connectivity index (χ2n) is 6.04. The lowest BCUT2D eigenvalue weighted by Gasteiger charge is -2.17. The Labute approximate surface area is 161 Å². The van der Waals surface area contributed by atoms with Crippen LogP contribution in [0.15, 0.2) is 24.5 Å². The van der Waals surface area contributed by atoms with Crippen LogP contribution in [0.4, 0.5) is 0 Å². The molecule has 0 bridgehead atoms. The van der Waals surface area contributed by atoms with Gasteiger partial charge in [0, 0.05) is 12.4 Å². The number of rotatable bonds is 13. The van der Waals surface area contributed by atoms with Gasteiger partial charge in [0.05, 0.1) is 0 Å². The van der Waals surface area contributed by atoms with E-state index in [1.807, 2.05) is 12.4 Å². The number of alkyl halides is 4. The molecule has 5 heteroatoms. The molecule has 1 aromatic heterocycles. The number of nitrogens with zero attached hydrogens (tertiary/aromatic N) is 1. The minimum absolute atomic E-state index is 0.223. The molecule has 0 atom stereocenters. The van der Waals surface area contributed by atoms with Crippen LogP contribution in [-0.4, -0.2) is 14.7 Å². The minimum atomic E-state index is -0.223. The minimum Gasteiger partial charge on any atom is -0.265 e. The van der Waals surface area contributed by atoms with Gasteiger partial charge in [-0.15, -0.1) is 46.4 Å². The molecule has 0 aliphatic heterocycles. The summed E-state index contributed by atoms with van der Waals surface area (Å²) in [7, 11) is 0. The van der Waals surface area contributed by atoms with E-state index in [2.05, 4.69) is 17.1 Å². The molecule has 0 aliphatic carbocycles. The highest BCUT2D eigenvalue weighted by molar-refractivity contribution is 6.44. The van der Waals surface area contributed by atoms with Gasteiger partial charge in [-0.1, -0.05) is 38.5 Å². The first-order chi connectivity index (χ1) is 11.1. The van der Waals surface area contributed by atoms with Crippen molar-refractivity contribution in [3.05, 3.63) is 30.1 Å². The third-order valence-electron chi connectivity index (χ3n) is 4.13. The fourth-order valence-electron chi connectivity index (χ4n) is 2.85. The lowest BCUT2D eigenvalue weighted by atomic mass is 9.89. The monoisotopic (exact) mass is 397 g/mol. The van der Waals surface area contributed by atoms with E-state index in [1.165, 1.54) is 44.1 Å². The molecule has 23 heavy (non-hydrogen) atoms. The summed E-state index contributed by atoms with van der Waals surface area (Å²) in [4.78, 5) is 3.68. The Bertz CT molecular complexity index is 366. The Kier molecular flexibility index (Phi) is 12.6. The van der Waals surface area contributed by atoms with Gasteiger partial charge in [-0.25, -0.2) is 0 Å². The van der Waals surface area contributed by atoms with E-state index < -0.39 is 0 Å². The van der Waals surface area contributed by atoms with Gasteiger partial charge < -0.3 is 0 Å². The fraction of sp³-hybridized carbons (Fsp3) is 0.722. The quantitative estimate of drug-likeness (QED) is 0.245. The maximum absolute atomic E-state index is 5.78. The third kappa shape index (κ3) is 11.5. The zero-order valence-corrected chi connectivity index (χ0v) is 16.6. The first kappa shape index (κ1) is 21.4. The van der Waals surface area contributed by atoms with Gasteiger partial charge in [-0.3, -0.25) is 4.98 Å². The molecule has 0 aliphatic rings. The molecule has 0 aromatic carbocycles. The molecule has 0 spiro atoms. The molecule has 0 amide bonds. The number of halogens is 4. The van der Waals surface area contributed by atoms with E-state index in [4.69, 9.17) is 46.4 Å². The first-order valence-corrected chi connectivity index (χ1v) is 10.3. The van der Waals surface area contributed by atoms with Gasteiger partial charge in [0.2, 0.25) is 0 Å². The van der Waals surface area contributed by atoms with E-state index in [-0.39, 0.29) is 9.67 Å². The van der Waals surface area contributed by atoms with E-state index in [9.17, 15) is 0 Å². The standard InChI is InChI=1S/C18H27Cl4N/c19-17(20)9-5-1-3-7-15(16-11-13-23-14-12-16)8-4-2-6-10-18(21)22/h11-15,17-18H,1-10H2.